The van der Waals surface area contributed by atoms with Crippen molar-refractivity contribution >= 4 is 33.8 Å². The second kappa shape index (κ2) is 15.9. The van der Waals surface area contributed by atoms with Crippen molar-refractivity contribution in [2.45, 2.75) is 75.3 Å². The zero-order valence-electron chi connectivity index (χ0n) is 26.7. The molecule has 0 radical (unpaired) electrons. The first-order chi connectivity index (χ1) is 22.3. The van der Waals surface area contributed by atoms with Crippen LogP contribution in [0.2, 0.25) is 0 Å². The van der Waals surface area contributed by atoms with Gasteiger partial charge in [0, 0.05) is 31.2 Å². The molecule has 1 aliphatic heterocycles. The first-order valence-electron chi connectivity index (χ1n) is 15.4. The number of hydrogen-bond acceptors (Lipinski definition) is 8. The fourth-order valence-corrected chi connectivity index (χ4v) is 6.52. The molecule has 4 rings (SSSR count). The van der Waals surface area contributed by atoms with Crippen molar-refractivity contribution in [2.75, 3.05) is 18.4 Å². The second-order valence-electron chi connectivity index (χ2n) is 12.3. The Bertz CT molecular complexity index is 1600. The van der Waals surface area contributed by atoms with E-state index >= 15 is 0 Å². The van der Waals surface area contributed by atoms with Gasteiger partial charge < -0.3 is 25.2 Å². The van der Waals surface area contributed by atoms with Crippen LogP contribution in [0.1, 0.15) is 44.7 Å². The number of amides is 3. The molecule has 3 aromatic carbocycles. The molecule has 1 aliphatic rings. The van der Waals surface area contributed by atoms with Gasteiger partial charge in [0.25, 0.3) is 0 Å². The lowest BCUT2D eigenvalue weighted by Gasteiger charge is -2.31. The summed E-state index contributed by atoms with van der Waals surface area (Å²) in [7, 11) is -4.22. The Balaban J connectivity index is 1.51. The minimum atomic E-state index is -4.22. The fourth-order valence-electron chi connectivity index (χ4n) is 5.01. The van der Waals surface area contributed by atoms with Crippen LogP contribution in [-0.4, -0.2) is 72.8 Å². The number of alkyl carbamates (subject to hydrolysis) is 1. The van der Waals surface area contributed by atoms with Gasteiger partial charge in [0.05, 0.1) is 17.0 Å². The molecule has 0 unspecified atom stereocenters. The number of aliphatic hydroxyl groups is 1. The van der Waals surface area contributed by atoms with E-state index in [0.717, 1.165) is 15.4 Å². The minimum absolute atomic E-state index is 0.0716. The number of anilines is 1. The lowest BCUT2D eigenvalue weighted by Crippen LogP contribution is -2.53. The number of carbonyl (C=O) groups excluding carboxylic acids is 3. The van der Waals surface area contributed by atoms with Gasteiger partial charge in [-0.05, 0) is 69.0 Å². The Morgan fingerprint density at radius 1 is 0.957 bits per heavy atom. The van der Waals surface area contributed by atoms with Gasteiger partial charge in [0.1, 0.15) is 12.2 Å². The van der Waals surface area contributed by atoms with Crippen molar-refractivity contribution < 1.29 is 37.4 Å². The highest BCUT2D eigenvalue weighted by atomic mass is 32.2. The summed E-state index contributed by atoms with van der Waals surface area (Å²) >= 11 is 0. The minimum Gasteiger partial charge on any atom is -0.444 e. The number of nitrogens with zero attached hydrogens (tertiary/aromatic N) is 1. The van der Waals surface area contributed by atoms with Crippen LogP contribution in [-0.2, 0) is 37.3 Å². The number of nitrogens with one attached hydrogen (secondary N) is 3. The van der Waals surface area contributed by atoms with Gasteiger partial charge in [-0.15, -0.1) is 0 Å². The Hall–Kier alpha value is -4.46. The highest BCUT2D eigenvalue weighted by molar-refractivity contribution is 7.89. The smallest absolute Gasteiger partial charge is 0.411 e. The molecule has 3 atom stereocenters. The average molecular weight is 667 g/mol. The SMILES string of the molecule is CC(C)(C)OC(=O)N[C@@H](Cc1ccccc1)[C@H](O)CN(C[C@H]1CCC(=O)N1)S(=O)(=O)c1ccc(NC(=O)OCc2ccccc2)cc1. The summed E-state index contributed by atoms with van der Waals surface area (Å²) in [6.07, 6.45) is -1.91. The molecule has 4 N–H and O–H groups in total. The maximum atomic E-state index is 14.0. The summed E-state index contributed by atoms with van der Waals surface area (Å²) in [4.78, 5) is 36.9. The van der Waals surface area contributed by atoms with Crippen LogP contribution >= 0.6 is 0 Å². The van der Waals surface area contributed by atoms with Gasteiger partial charge in [-0.1, -0.05) is 60.7 Å². The van der Waals surface area contributed by atoms with E-state index in [1.54, 1.807) is 20.8 Å². The fraction of sp³-hybridized carbons (Fsp3) is 0.382. The van der Waals surface area contributed by atoms with Crippen molar-refractivity contribution in [3.8, 4) is 0 Å². The number of ether oxygens (including phenoxy) is 2. The first kappa shape index (κ1) is 35.4. The third kappa shape index (κ3) is 11.1. The number of benzene rings is 3. The number of aliphatic hydroxyl groups excluding tert-OH is 1. The van der Waals surface area contributed by atoms with Gasteiger partial charge in [-0.25, -0.2) is 18.0 Å². The lowest BCUT2D eigenvalue weighted by molar-refractivity contribution is -0.119. The van der Waals surface area contributed by atoms with Crippen LogP contribution in [0.5, 0.6) is 0 Å². The van der Waals surface area contributed by atoms with E-state index in [9.17, 15) is 27.9 Å². The van der Waals surface area contributed by atoms with Crippen LogP contribution < -0.4 is 16.0 Å². The molecule has 252 valence electrons. The van der Waals surface area contributed by atoms with Gasteiger partial charge in [-0.2, -0.15) is 4.31 Å². The van der Waals surface area contributed by atoms with E-state index in [1.807, 2.05) is 60.7 Å². The molecule has 12 nitrogen and oxygen atoms in total. The second-order valence-corrected chi connectivity index (χ2v) is 14.3. The highest BCUT2D eigenvalue weighted by Crippen LogP contribution is 2.22. The number of sulfonamides is 1. The summed E-state index contributed by atoms with van der Waals surface area (Å²) in [6.45, 7) is 4.74. The molecule has 0 bridgehead atoms. The predicted molar refractivity (Wildman–Crippen MR) is 176 cm³/mol. The first-order valence-corrected chi connectivity index (χ1v) is 16.8. The van der Waals surface area contributed by atoms with E-state index in [4.69, 9.17) is 9.47 Å². The summed E-state index contributed by atoms with van der Waals surface area (Å²) < 4.78 is 39.8. The molecular formula is C34H42N4O8S. The van der Waals surface area contributed by atoms with Gasteiger partial charge in [0.15, 0.2) is 0 Å². The number of hydrogen-bond donors (Lipinski definition) is 4. The van der Waals surface area contributed by atoms with E-state index in [2.05, 4.69) is 16.0 Å². The monoisotopic (exact) mass is 666 g/mol. The maximum absolute atomic E-state index is 14.0. The predicted octanol–water partition coefficient (Wildman–Crippen LogP) is 4.20. The van der Waals surface area contributed by atoms with Gasteiger partial charge >= 0.3 is 12.2 Å². The Morgan fingerprint density at radius 2 is 1.57 bits per heavy atom. The van der Waals surface area contributed by atoms with Crippen molar-refractivity contribution in [3.05, 3.63) is 96.1 Å². The van der Waals surface area contributed by atoms with E-state index in [-0.39, 0.29) is 43.3 Å². The van der Waals surface area contributed by atoms with Crippen LogP contribution in [0.15, 0.2) is 89.8 Å². The molecule has 1 fully saturated rings. The third-order valence-electron chi connectivity index (χ3n) is 7.32. The van der Waals surface area contributed by atoms with E-state index in [0.29, 0.717) is 12.1 Å². The van der Waals surface area contributed by atoms with Gasteiger partial charge in [0.2, 0.25) is 15.9 Å². The number of rotatable bonds is 13. The Morgan fingerprint density at radius 3 is 2.15 bits per heavy atom. The standard InChI is InChI=1S/C34H42N4O8S/c1-34(2,3)46-33(42)37-29(20-24-10-6-4-7-11-24)30(39)22-38(21-27-16-19-31(40)35-27)47(43,44)28-17-14-26(15-18-28)36-32(41)45-23-25-12-8-5-9-13-25/h4-15,17-18,27,29-30,39H,16,19-23H2,1-3H3,(H,35,40)(H,36,41)(H,37,42)/t27-,29+,30-/m1/s1. The molecule has 1 saturated heterocycles. The maximum Gasteiger partial charge on any atom is 0.411 e. The zero-order chi connectivity index (χ0) is 34.0. The van der Waals surface area contributed by atoms with Crippen molar-refractivity contribution in [2.24, 2.45) is 0 Å². The van der Waals surface area contributed by atoms with Crippen molar-refractivity contribution in [1.82, 2.24) is 14.9 Å². The molecule has 0 aliphatic carbocycles. The molecular weight excluding hydrogens is 624 g/mol. The van der Waals surface area contributed by atoms with Crippen LogP contribution in [0.25, 0.3) is 0 Å². The summed E-state index contributed by atoms with van der Waals surface area (Å²) in [5.74, 6) is -0.184. The van der Waals surface area contributed by atoms with Crippen molar-refractivity contribution in [1.29, 1.82) is 0 Å². The molecule has 1 heterocycles. The van der Waals surface area contributed by atoms with Crippen LogP contribution in [0, 0.1) is 0 Å². The molecule has 3 aromatic rings. The van der Waals surface area contributed by atoms with E-state index in [1.165, 1.54) is 24.3 Å². The quantitative estimate of drug-likeness (QED) is 0.211. The summed E-state index contributed by atoms with van der Waals surface area (Å²) in [5.41, 5.74) is 1.16. The molecule has 3 amide bonds. The normalized spacial score (nSPS) is 16.2. The molecule has 47 heavy (non-hydrogen) atoms. The van der Waals surface area contributed by atoms with Gasteiger partial charge in [-0.3, -0.25) is 10.1 Å². The lowest BCUT2D eigenvalue weighted by atomic mass is 10.0. The summed E-state index contributed by atoms with van der Waals surface area (Å²) in [6, 6.07) is 22.5. The average Bonchev–Trinajstić information content (AvgIpc) is 3.44. The zero-order valence-corrected chi connectivity index (χ0v) is 27.5. The third-order valence-corrected chi connectivity index (χ3v) is 9.16. The van der Waals surface area contributed by atoms with E-state index < -0.39 is 46.0 Å². The molecule has 0 saturated carbocycles. The Kier molecular flexibility index (Phi) is 12.0. The highest BCUT2D eigenvalue weighted by Gasteiger charge is 2.34. The summed E-state index contributed by atoms with van der Waals surface area (Å²) in [5, 5.41) is 19.5. The molecule has 0 spiro atoms. The number of carbonyl (C=O) groups is 3. The van der Waals surface area contributed by atoms with Crippen LogP contribution in [0.4, 0.5) is 15.3 Å². The van der Waals surface area contributed by atoms with Crippen LogP contribution in [0.3, 0.4) is 0 Å². The van der Waals surface area contributed by atoms with Crippen molar-refractivity contribution in [3.63, 3.8) is 0 Å². The molecule has 13 heteroatoms. The topological polar surface area (TPSA) is 163 Å². The Labute approximate surface area is 275 Å². The molecule has 0 aromatic heterocycles. The largest absolute Gasteiger partial charge is 0.444 e.